The van der Waals surface area contributed by atoms with Gasteiger partial charge in [-0.15, -0.1) is 0 Å². The molecule has 0 spiro atoms. The molecule has 0 unspecified atom stereocenters. The molecule has 0 radical (unpaired) electrons. The van der Waals surface area contributed by atoms with Gasteiger partial charge in [-0.2, -0.15) is 0 Å². The second kappa shape index (κ2) is 7.39. The average Bonchev–Trinajstić information content (AvgIpc) is 2.52. The van der Waals surface area contributed by atoms with E-state index in [0.29, 0.717) is 11.7 Å². The molecular formula is C14H13N3O3S. The number of aromatic carboxylic acids is 1. The minimum Gasteiger partial charge on any atom is -0.478 e. The molecule has 0 aliphatic heterocycles. The number of thioether (sulfide) groups is 1. The van der Waals surface area contributed by atoms with Crippen molar-refractivity contribution < 1.29 is 14.7 Å². The van der Waals surface area contributed by atoms with Crippen molar-refractivity contribution in [3.05, 3.63) is 53.9 Å². The zero-order valence-electron chi connectivity index (χ0n) is 11.0. The molecule has 6 nitrogen and oxygen atoms in total. The molecule has 2 N–H and O–H groups in total. The molecule has 0 atom stereocenters. The van der Waals surface area contributed by atoms with Gasteiger partial charge in [0.1, 0.15) is 0 Å². The van der Waals surface area contributed by atoms with Crippen molar-refractivity contribution in [1.82, 2.24) is 15.3 Å². The van der Waals surface area contributed by atoms with E-state index in [1.54, 1.807) is 30.6 Å². The predicted octanol–water partition coefficient (Wildman–Crippen LogP) is 1.58. The van der Waals surface area contributed by atoms with Crippen LogP contribution in [0.3, 0.4) is 0 Å². The lowest BCUT2D eigenvalue weighted by molar-refractivity contribution is -0.118. The fourth-order valence-electron chi connectivity index (χ4n) is 1.51. The molecule has 21 heavy (non-hydrogen) atoms. The monoisotopic (exact) mass is 303 g/mol. The van der Waals surface area contributed by atoms with Crippen LogP contribution in [0.15, 0.2) is 47.9 Å². The minimum absolute atomic E-state index is 0.130. The first-order valence-corrected chi connectivity index (χ1v) is 7.12. The van der Waals surface area contributed by atoms with Gasteiger partial charge in [-0.1, -0.05) is 23.9 Å². The van der Waals surface area contributed by atoms with Gasteiger partial charge in [-0.25, -0.2) is 14.8 Å². The molecule has 0 saturated carbocycles. The van der Waals surface area contributed by atoms with E-state index < -0.39 is 5.97 Å². The van der Waals surface area contributed by atoms with Crippen LogP contribution in [0.5, 0.6) is 0 Å². The largest absolute Gasteiger partial charge is 0.478 e. The Morgan fingerprint density at radius 2 is 1.81 bits per heavy atom. The van der Waals surface area contributed by atoms with Crippen molar-refractivity contribution in [3.8, 4) is 0 Å². The van der Waals surface area contributed by atoms with Crippen LogP contribution < -0.4 is 5.32 Å². The van der Waals surface area contributed by atoms with Crippen molar-refractivity contribution in [2.75, 3.05) is 5.75 Å². The van der Waals surface area contributed by atoms with Crippen LogP contribution in [0.1, 0.15) is 15.9 Å². The summed E-state index contributed by atoms with van der Waals surface area (Å²) in [5, 5.41) is 12.1. The van der Waals surface area contributed by atoms with E-state index in [1.165, 1.54) is 23.9 Å². The SMILES string of the molecule is O=C(CSc1ncccn1)NCc1ccc(C(=O)O)cc1. The van der Waals surface area contributed by atoms with Crippen molar-refractivity contribution in [1.29, 1.82) is 0 Å². The summed E-state index contributed by atoms with van der Waals surface area (Å²) >= 11 is 1.26. The summed E-state index contributed by atoms with van der Waals surface area (Å²) in [5.74, 6) is -0.864. The number of nitrogens with zero attached hydrogens (tertiary/aromatic N) is 2. The molecule has 2 aromatic rings. The molecule has 0 bridgehead atoms. The van der Waals surface area contributed by atoms with E-state index in [1.807, 2.05) is 0 Å². The second-order valence-corrected chi connectivity index (χ2v) is 5.04. The Hall–Kier alpha value is -2.41. The second-order valence-electron chi connectivity index (χ2n) is 4.10. The Kier molecular flexibility index (Phi) is 5.28. The summed E-state index contributed by atoms with van der Waals surface area (Å²) in [6.45, 7) is 0.356. The van der Waals surface area contributed by atoms with Crippen molar-refractivity contribution in [3.63, 3.8) is 0 Å². The molecule has 1 amide bonds. The molecule has 0 saturated heterocycles. The van der Waals surface area contributed by atoms with E-state index in [9.17, 15) is 9.59 Å². The van der Waals surface area contributed by atoms with Crippen LogP contribution >= 0.6 is 11.8 Å². The topological polar surface area (TPSA) is 92.2 Å². The van der Waals surface area contributed by atoms with Crippen LogP contribution in [0.2, 0.25) is 0 Å². The molecule has 0 fully saturated rings. The Labute approximate surface area is 125 Å². The lowest BCUT2D eigenvalue weighted by Gasteiger charge is -2.05. The van der Waals surface area contributed by atoms with E-state index in [-0.39, 0.29) is 17.2 Å². The Morgan fingerprint density at radius 1 is 1.14 bits per heavy atom. The normalized spacial score (nSPS) is 10.1. The number of nitrogens with one attached hydrogen (secondary N) is 1. The third-order valence-corrected chi connectivity index (χ3v) is 3.44. The lowest BCUT2D eigenvalue weighted by Crippen LogP contribution is -2.24. The number of benzene rings is 1. The summed E-state index contributed by atoms with van der Waals surface area (Å²) in [6, 6.07) is 8.09. The van der Waals surface area contributed by atoms with E-state index in [0.717, 1.165) is 5.56 Å². The summed E-state index contributed by atoms with van der Waals surface area (Å²) < 4.78 is 0. The van der Waals surface area contributed by atoms with Gasteiger partial charge in [-0.3, -0.25) is 4.79 Å². The fourth-order valence-corrected chi connectivity index (χ4v) is 2.14. The quantitative estimate of drug-likeness (QED) is 0.622. The lowest BCUT2D eigenvalue weighted by atomic mass is 10.1. The molecule has 2 rings (SSSR count). The summed E-state index contributed by atoms with van der Waals surface area (Å²) in [5.41, 5.74) is 1.07. The smallest absolute Gasteiger partial charge is 0.335 e. The number of rotatable bonds is 6. The van der Waals surface area contributed by atoms with Gasteiger partial charge in [0.05, 0.1) is 11.3 Å². The van der Waals surface area contributed by atoms with Crippen molar-refractivity contribution in [2.24, 2.45) is 0 Å². The summed E-state index contributed by atoms with van der Waals surface area (Å²) in [6.07, 6.45) is 3.24. The van der Waals surface area contributed by atoms with Crippen LogP contribution in [0, 0.1) is 0 Å². The number of hydrogen-bond acceptors (Lipinski definition) is 5. The van der Waals surface area contributed by atoms with Crippen LogP contribution in [-0.2, 0) is 11.3 Å². The number of carboxylic acid groups (broad SMARTS) is 1. The molecule has 0 aliphatic carbocycles. The molecular weight excluding hydrogens is 290 g/mol. The molecule has 1 aromatic carbocycles. The standard InChI is InChI=1S/C14H13N3O3S/c18-12(9-21-14-15-6-1-7-16-14)17-8-10-2-4-11(5-3-10)13(19)20/h1-7H,8-9H2,(H,17,18)(H,19,20). The van der Waals surface area contributed by atoms with E-state index in [2.05, 4.69) is 15.3 Å². The number of aromatic nitrogens is 2. The number of carbonyl (C=O) groups excluding carboxylic acids is 1. The highest BCUT2D eigenvalue weighted by atomic mass is 32.2. The minimum atomic E-state index is -0.968. The van der Waals surface area contributed by atoms with Gasteiger partial charge in [-0.05, 0) is 23.8 Å². The summed E-state index contributed by atoms with van der Waals surface area (Å²) in [4.78, 5) is 30.4. The van der Waals surface area contributed by atoms with Gasteiger partial charge in [0, 0.05) is 18.9 Å². The van der Waals surface area contributed by atoms with Crippen molar-refractivity contribution in [2.45, 2.75) is 11.7 Å². The zero-order valence-corrected chi connectivity index (χ0v) is 11.8. The van der Waals surface area contributed by atoms with Gasteiger partial charge in [0.25, 0.3) is 0 Å². The average molecular weight is 303 g/mol. The fraction of sp³-hybridized carbons (Fsp3) is 0.143. The van der Waals surface area contributed by atoms with Gasteiger partial charge in [0.2, 0.25) is 5.91 Å². The third kappa shape index (κ3) is 4.88. The van der Waals surface area contributed by atoms with Crippen LogP contribution in [0.4, 0.5) is 0 Å². The summed E-state index contributed by atoms with van der Waals surface area (Å²) in [7, 11) is 0. The molecule has 7 heteroatoms. The zero-order chi connectivity index (χ0) is 15.1. The third-order valence-electron chi connectivity index (χ3n) is 2.57. The Bertz CT molecular complexity index is 617. The molecule has 1 aromatic heterocycles. The maximum Gasteiger partial charge on any atom is 0.335 e. The number of carboxylic acids is 1. The van der Waals surface area contributed by atoms with E-state index >= 15 is 0 Å². The Morgan fingerprint density at radius 3 is 2.43 bits per heavy atom. The van der Waals surface area contributed by atoms with Gasteiger partial charge < -0.3 is 10.4 Å². The highest BCUT2D eigenvalue weighted by Crippen LogP contribution is 2.10. The van der Waals surface area contributed by atoms with Crippen LogP contribution in [0.25, 0.3) is 0 Å². The van der Waals surface area contributed by atoms with Crippen molar-refractivity contribution >= 4 is 23.6 Å². The first-order valence-electron chi connectivity index (χ1n) is 6.14. The molecule has 0 aliphatic rings. The maximum absolute atomic E-state index is 11.7. The number of hydrogen-bond donors (Lipinski definition) is 2. The number of amides is 1. The maximum atomic E-state index is 11.7. The molecule has 1 heterocycles. The first kappa shape index (κ1) is 15.0. The van der Waals surface area contributed by atoms with Gasteiger partial charge >= 0.3 is 5.97 Å². The highest BCUT2D eigenvalue weighted by Gasteiger charge is 2.05. The van der Waals surface area contributed by atoms with Gasteiger partial charge in [0.15, 0.2) is 5.16 Å². The van der Waals surface area contributed by atoms with E-state index in [4.69, 9.17) is 5.11 Å². The van der Waals surface area contributed by atoms with Crippen LogP contribution in [-0.4, -0.2) is 32.7 Å². The Balaban J connectivity index is 1.77. The highest BCUT2D eigenvalue weighted by molar-refractivity contribution is 7.99. The predicted molar refractivity (Wildman–Crippen MR) is 78.0 cm³/mol. The molecule has 108 valence electrons. The number of carbonyl (C=O) groups is 2. The first-order chi connectivity index (χ1) is 10.1.